The monoisotopic (exact) mass is 328 g/mol. The van der Waals surface area contributed by atoms with E-state index in [4.69, 9.17) is 4.74 Å². The fraction of sp³-hybridized carbons (Fsp3) is 0.333. The molecule has 0 aliphatic carbocycles. The Morgan fingerprint density at radius 2 is 2.09 bits per heavy atom. The molecule has 0 bridgehead atoms. The number of hydrogen-bond acceptors (Lipinski definition) is 5. The minimum atomic E-state index is 0.129. The number of anilines is 1. The lowest BCUT2D eigenvalue weighted by atomic mass is 10.1. The molecule has 0 N–H and O–H groups in total. The molecule has 23 heavy (non-hydrogen) atoms. The molecule has 0 fully saturated rings. The molecule has 0 saturated carbocycles. The second-order valence-electron chi connectivity index (χ2n) is 5.44. The zero-order valence-electron chi connectivity index (χ0n) is 13.2. The van der Waals surface area contributed by atoms with Gasteiger partial charge in [-0.3, -0.25) is 9.79 Å². The summed E-state index contributed by atoms with van der Waals surface area (Å²) in [6, 6.07) is 11.6. The molecule has 1 aromatic carbocycles. The number of ether oxygens (including phenoxy) is 1. The second kappa shape index (κ2) is 7.42. The van der Waals surface area contributed by atoms with Gasteiger partial charge in [0.15, 0.2) is 5.78 Å². The molecule has 1 aliphatic rings. The minimum absolute atomic E-state index is 0.129. The molecule has 0 amide bonds. The number of Topliss-reactive ketones (excluding diaryl/α,β-unsaturated/α-hetero) is 1. The number of amidine groups is 1. The maximum Gasteiger partial charge on any atom is 0.192 e. The Kier molecular flexibility index (Phi) is 5.08. The number of carbonyl (C=O) groups excluding carboxylic acids is 1. The van der Waals surface area contributed by atoms with Crippen molar-refractivity contribution >= 4 is 28.6 Å². The van der Waals surface area contributed by atoms with Crippen molar-refractivity contribution < 1.29 is 9.53 Å². The van der Waals surface area contributed by atoms with Gasteiger partial charge in [-0.15, -0.1) is 11.3 Å². The van der Waals surface area contributed by atoms with Gasteiger partial charge < -0.3 is 9.64 Å². The van der Waals surface area contributed by atoms with Crippen molar-refractivity contribution in [2.24, 2.45) is 4.99 Å². The molecule has 1 aliphatic heterocycles. The van der Waals surface area contributed by atoms with E-state index >= 15 is 0 Å². The topological polar surface area (TPSA) is 41.9 Å². The Morgan fingerprint density at radius 1 is 1.26 bits per heavy atom. The van der Waals surface area contributed by atoms with Gasteiger partial charge in [0, 0.05) is 18.7 Å². The van der Waals surface area contributed by atoms with Gasteiger partial charge in [0.25, 0.3) is 0 Å². The highest BCUT2D eigenvalue weighted by atomic mass is 32.1. The third-order valence-corrected chi connectivity index (χ3v) is 4.81. The van der Waals surface area contributed by atoms with Crippen LogP contribution in [0.4, 0.5) is 5.69 Å². The Morgan fingerprint density at radius 3 is 2.70 bits per heavy atom. The number of hydrogen-bond donors (Lipinski definition) is 0. The van der Waals surface area contributed by atoms with Crippen molar-refractivity contribution in [2.45, 2.75) is 19.3 Å². The molecule has 2 heterocycles. The molecule has 0 saturated heterocycles. The molecule has 0 spiro atoms. The van der Waals surface area contributed by atoms with Crippen LogP contribution in [0.2, 0.25) is 0 Å². The maximum atomic E-state index is 12.5. The lowest BCUT2D eigenvalue weighted by Gasteiger charge is -2.27. The first-order valence-corrected chi connectivity index (χ1v) is 8.67. The van der Waals surface area contributed by atoms with Crippen molar-refractivity contribution in [3.8, 4) is 5.75 Å². The SMILES string of the molecule is COc1ccc(N(CC(=O)c2cccs2)C2=NCCCC2)cc1. The largest absolute Gasteiger partial charge is 0.497 e. The number of carbonyl (C=O) groups is 1. The number of rotatable bonds is 5. The summed E-state index contributed by atoms with van der Waals surface area (Å²) in [6.07, 6.45) is 3.17. The Balaban J connectivity index is 1.86. The van der Waals surface area contributed by atoms with Crippen molar-refractivity contribution in [2.75, 3.05) is 25.1 Å². The molecule has 0 atom stereocenters. The summed E-state index contributed by atoms with van der Waals surface area (Å²) in [6.45, 7) is 1.17. The maximum absolute atomic E-state index is 12.5. The molecule has 0 radical (unpaired) electrons. The van der Waals surface area contributed by atoms with Crippen LogP contribution in [-0.4, -0.2) is 31.8 Å². The van der Waals surface area contributed by atoms with Gasteiger partial charge >= 0.3 is 0 Å². The third-order valence-electron chi connectivity index (χ3n) is 3.90. The van der Waals surface area contributed by atoms with Crippen LogP contribution in [-0.2, 0) is 0 Å². The summed E-state index contributed by atoms with van der Waals surface area (Å²) in [5.41, 5.74) is 0.983. The lowest BCUT2D eigenvalue weighted by Crippen LogP contribution is -2.36. The fourth-order valence-corrected chi connectivity index (χ4v) is 3.31. The van der Waals surface area contributed by atoms with Crippen molar-refractivity contribution in [1.82, 2.24) is 0 Å². The normalized spacial score (nSPS) is 14.2. The quantitative estimate of drug-likeness (QED) is 0.778. The Labute approximate surface area is 140 Å². The fourth-order valence-electron chi connectivity index (χ4n) is 2.65. The highest BCUT2D eigenvalue weighted by Gasteiger charge is 2.20. The summed E-state index contributed by atoms with van der Waals surface area (Å²) in [4.78, 5) is 20.0. The number of methoxy groups -OCH3 is 1. The van der Waals surface area contributed by atoms with Crippen LogP contribution >= 0.6 is 11.3 Å². The van der Waals surface area contributed by atoms with Gasteiger partial charge in [-0.25, -0.2) is 0 Å². The summed E-state index contributed by atoms with van der Waals surface area (Å²) < 4.78 is 5.22. The van der Waals surface area contributed by atoms with E-state index in [2.05, 4.69) is 4.99 Å². The average Bonchev–Trinajstić information content (AvgIpc) is 3.15. The van der Waals surface area contributed by atoms with E-state index in [1.165, 1.54) is 11.3 Å². The average molecular weight is 328 g/mol. The summed E-state index contributed by atoms with van der Waals surface area (Å²) in [7, 11) is 1.65. The number of ketones is 1. The predicted molar refractivity (Wildman–Crippen MR) is 95.1 cm³/mol. The number of benzene rings is 1. The van der Waals surface area contributed by atoms with Crippen molar-refractivity contribution in [3.63, 3.8) is 0 Å². The van der Waals surface area contributed by atoms with Crippen molar-refractivity contribution in [1.29, 1.82) is 0 Å². The molecule has 0 unspecified atom stereocenters. The molecule has 2 aromatic rings. The number of aliphatic imine (C=N–C) groups is 1. The van der Waals surface area contributed by atoms with Gasteiger partial charge in [-0.2, -0.15) is 0 Å². The molecular formula is C18H20N2O2S. The Hall–Kier alpha value is -2.14. The van der Waals surface area contributed by atoms with E-state index in [0.717, 1.165) is 48.0 Å². The van der Waals surface area contributed by atoms with E-state index in [0.29, 0.717) is 6.54 Å². The van der Waals surface area contributed by atoms with Gasteiger partial charge in [0.2, 0.25) is 0 Å². The van der Waals surface area contributed by atoms with E-state index in [9.17, 15) is 4.79 Å². The van der Waals surface area contributed by atoms with Crippen LogP contribution < -0.4 is 9.64 Å². The van der Waals surface area contributed by atoms with Crippen molar-refractivity contribution in [3.05, 3.63) is 46.7 Å². The highest BCUT2D eigenvalue weighted by Crippen LogP contribution is 2.23. The first kappa shape index (κ1) is 15.7. The van der Waals surface area contributed by atoms with Gasteiger partial charge in [-0.1, -0.05) is 6.07 Å². The highest BCUT2D eigenvalue weighted by molar-refractivity contribution is 7.12. The smallest absolute Gasteiger partial charge is 0.192 e. The molecular weight excluding hydrogens is 308 g/mol. The minimum Gasteiger partial charge on any atom is -0.497 e. The van der Waals surface area contributed by atoms with Gasteiger partial charge in [-0.05, 0) is 48.6 Å². The van der Waals surface area contributed by atoms with Crippen LogP contribution in [0, 0.1) is 0 Å². The van der Waals surface area contributed by atoms with E-state index in [-0.39, 0.29) is 5.78 Å². The molecule has 5 heteroatoms. The summed E-state index contributed by atoms with van der Waals surface area (Å²) >= 11 is 1.48. The zero-order chi connectivity index (χ0) is 16.1. The van der Waals surface area contributed by atoms with Crippen LogP contribution in [0.1, 0.15) is 28.9 Å². The lowest BCUT2D eigenvalue weighted by molar-refractivity contribution is 0.101. The third kappa shape index (κ3) is 3.79. The standard InChI is InChI=1S/C18H20N2O2S/c1-22-15-9-7-14(8-10-15)20(18-6-2-3-11-19-18)13-16(21)17-5-4-12-23-17/h4-5,7-10,12H,2-3,6,11,13H2,1H3. The second-order valence-corrected chi connectivity index (χ2v) is 6.39. The number of nitrogens with zero attached hydrogens (tertiary/aromatic N) is 2. The first-order chi connectivity index (χ1) is 11.3. The van der Waals surface area contributed by atoms with Crippen LogP contribution in [0.25, 0.3) is 0 Å². The molecule has 1 aromatic heterocycles. The summed E-state index contributed by atoms with van der Waals surface area (Å²) in [5, 5.41) is 1.93. The van der Waals surface area contributed by atoms with Crippen LogP contribution in [0.5, 0.6) is 5.75 Å². The Bertz CT molecular complexity index is 678. The molecule has 4 nitrogen and oxygen atoms in total. The van der Waals surface area contributed by atoms with Crippen LogP contribution in [0.3, 0.4) is 0 Å². The van der Waals surface area contributed by atoms with E-state index < -0.39 is 0 Å². The van der Waals surface area contributed by atoms with Crippen LogP contribution in [0.15, 0.2) is 46.8 Å². The molecule has 120 valence electrons. The molecule has 3 rings (SSSR count). The van der Waals surface area contributed by atoms with E-state index in [1.54, 1.807) is 7.11 Å². The van der Waals surface area contributed by atoms with Gasteiger partial charge in [0.1, 0.15) is 11.6 Å². The predicted octanol–water partition coefficient (Wildman–Crippen LogP) is 4.03. The van der Waals surface area contributed by atoms with Gasteiger partial charge in [0.05, 0.1) is 18.5 Å². The van der Waals surface area contributed by atoms with E-state index in [1.807, 2.05) is 46.7 Å². The zero-order valence-corrected chi connectivity index (χ0v) is 14.0. The number of thiophene rings is 1. The first-order valence-electron chi connectivity index (χ1n) is 7.79. The summed E-state index contributed by atoms with van der Waals surface area (Å²) in [5.74, 6) is 1.94.